The Kier molecular flexibility index (Phi) is 4.71. The number of aryl methyl sites for hydroxylation is 1. The maximum atomic E-state index is 10.9. The van der Waals surface area contributed by atoms with Gasteiger partial charge < -0.3 is 10.1 Å². The third kappa shape index (κ3) is 3.91. The zero-order valence-corrected chi connectivity index (χ0v) is 13.7. The Morgan fingerprint density at radius 3 is 2.69 bits per heavy atom. The minimum absolute atomic E-state index is 0.0282. The number of anilines is 2. The second-order valence-corrected chi connectivity index (χ2v) is 5.36. The number of aromatic nitrogens is 2. The Hall–Kier alpha value is -3.99. The zero-order chi connectivity index (χ0) is 18.5. The van der Waals surface area contributed by atoms with E-state index in [1.54, 1.807) is 43.3 Å². The van der Waals surface area contributed by atoms with Crippen molar-refractivity contribution in [3.63, 3.8) is 0 Å². The summed E-state index contributed by atoms with van der Waals surface area (Å²) in [4.78, 5) is 18.5. The topological polar surface area (TPSA) is 114 Å². The van der Waals surface area contributed by atoms with Crippen molar-refractivity contribution in [2.24, 2.45) is 0 Å². The summed E-state index contributed by atoms with van der Waals surface area (Å²) in [6, 6.07) is 13.9. The molecule has 3 aromatic rings. The van der Waals surface area contributed by atoms with Gasteiger partial charge in [0, 0.05) is 29.6 Å². The smallest absolute Gasteiger partial charge is 0.290 e. The second kappa shape index (κ2) is 7.27. The van der Waals surface area contributed by atoms with E-state index in [0.717, 1.165) is 0 Å². The molecule has 0 saturated heterocycles. The fraction of sp³-hybridized carbons (Fsp3) is 0.0556. The molecule has 1 aromatic carbocycles. The highest BCUT2D eigenvalue weighted by Gasteiger charge is 2.11. The molecule has 0 aliphatic rings. The standard InChI is InChI=1S/C18H13N5O3/c1-12-7-17(20-11-16(12)23(24)25)22-14-3-2-4-15(8-14)26-18-6-5-13(9-19)10-21-18/h2-8,10-11H,1H3,(H,20,22). The van der Waals surface area contributed by atoms with E-state index in [4.69, 9.17) is 10.00 Å². The van der Waals surface area contributed by atoms with E-state index < -0.39 is 4.92 Å². The van der Waals surface area contributed by atoms with Crippen LogP contribution in [0.3, 0.4) is 0 Å². The molecule has 0 radical (unpaired) electrons. The van der Waals surface area contributed by atoms with E-state index in [1.807, 2.05) is 12.1 Å². The van der Waals surface area contributed by atoms with Gasteiger partial charge in [0.1, 0.15) is 23.8 Å². The molecule has 3 rings (SSSR count). The molecule has 2 aromatic heterocycles. The van der Waals surface area contributed by atoms with Gasteiger partial charge in [-0.05, 0) is 31.2 Å². The number of nitro groups is 1. The number of nitrogens with one attached hydrogen (secondary N) is 1. The fourth-order valence-corrected chi connectivity index (χ4v) is 2.22. The Morgan fingerprint density at radius 1 is 1.19 bits per heavy atom. The van der Waals surface area contributed by atoms with Crippen molar-refractivity contribution >= 4 is 17.2 Å². The predicted octanol–water partition coefficient (Wildman–Crippen LogP) is 4.10. The van der Waals surface area contributed by atoms with Gasteiger partial charge in [-0.2, -0.15) is 5.26 Å². The molecule has 0 amide bonds. The Balaban J connectivity index is 1.75. The molecule has 26 heavy (non-hydrogen) atoms. The van der Waals surface area contributed by atoms with E-state index in [0.29, 0.717) is 34.3 Å². The minimum Gasteiger partial charge on any atom is -0.439 e. The maximum absolute atomic E-state index is 10.9. The minimum atomic E-state index is -0.467. The Bertz CT molecular complexity index is 996. The summed E-state index contributed by atoms with van der Waals surface area (Å²) in [5, 5.41) is 22.7. The van der Waals surface area contributed by atoms with Crippen LogP contribution < -0.4 is 10.1 Å². The van der Waals surface area contributed by atoms with Crippen molar-refractivity contribution in [1.29, 1.82) is 5.26 Å². The number of benzene rings is 1. The molecular weight excluding hydrogens is 334 g/mol. The van der Waals surface area contributed by atoms with Gasteiger partial charge in [0.2, 0.25) is 5.88 Å². The number of hydrogen-bond acceptors (Lipinski definition) is 7. The maximum Gasteiger partial charge on any atom is 0.290 e. The summed E-state index contributed by atoms with van der Waals surface area (Å²) in [5.41, 5.74) is 1.64. The highest BCUT2D eigenvalue weighted by atomic mass is 16.6. The van der Waals surface area contributed by atoms with Gasteiger partial charge in [-0.25, -0.2) is 9.97 Å². The molecule has 128 valence electrons. The largest absolute Gasteiger partial charge is 0.439 e. The van der Waals surface area contributed by atoms with E-state index in [-0.39, 0.29) is 5.69 Å². The molecule has 0 atom stereocenters. The molecule has 0 fully saturated rings. The SMILES string of the molecule is Cc1cc(Nc2cccc(Oc3ccc(C#N)cn3)c2)ncc1[N+](=O)[O-]. The number of nitriles is 1. The predicted molar refractivity (Wildman–Crippen MR) is 94.4 cm³/mol. The van der Waals surface area contributed by atoms with Crippen molar-refractivity contribution in [2.45, 2.75) is 6.92 Å². The molecule has 0 spiro atoms. The van der Waals surface area contributed by atoms with Gasteiger partial charge in [0.25, 0.3) is 5.69 Å². The van der Waals surface area contributed by atoms with Crippen LogP contribution in [0.1, 0.15) is 11.1 Å². The van der Waals surface area contributed by atoms with Gasteiger partial charge in [0.15, 0.2) is 0 Å². The molecule has 1 N–H and O–H groups in total. The quantitative estimate of drug-likeness (QED) is 0.546. The Labute approximate surface area is 148 Å². The molecule has 0 saturated carbocycles. The lowest BCUT2D eigenvalue weighted by Gasteiger charge is -2.09. The van der Waals surface area contributed by atoms with Crippen molar-refractivity contribution in [3.8, 4) is 17.7 Å². The van der Waals surface area contributed by atoms with Crippen LogP contribution in [0.2, 0.25) is 0 Å². The van der Waals surface area contributed by atoms with Crippen molar-refractivity contribution in [1.82, 2.24) is 9.97 Å². The first-order chi connectivity index (χ1) is 12.5. The van der Waals surface area contributed by atoms with Crippen LogP contribution in [0, 0.1) is 28.4 Å². The van der Waals surface area contributed by atoms with Gasteiger partial charge in [-0.3, -0.25) is 10.1 Å². The number of pyridine rings is 2. The summed E-state index contributed by atoms with van der Waals surface area (Å²) < 4.78 is 5.66. The van der Waals surface area contributed by atoms with Crippen LogP contribution in [0.25, 0.3) is 0 Å². The van der Waals surface area contributed by atoms with E-state index in [9.17, 15) is 10.1 Å². The normalized spacial score (nSPS) is 10.0. The lowest BCUT2D eigenvalue weighted by atomic mass is 10.2. The Morgan fingerprint density at radius 2 is 2.04 bits per heavy atom. The molecular formula is C18H13N5O3. The van der Waals surface area contributed by atoms with Gasteiger partial charge >= 0.3 is 0 Å². The molecule has 0 bridgehead atoms. The average molecular weight is 347 g/mol. The van der Waals surface area contributed by atoms with E-state index in [1.165, 1.54) is 12.4 Å². The van der Waals surface area contributed by atoms with Crippen molar-refractivity contribution in [2.75, 3.05) is 5.32 Å². The lowest BCUT2D eigenvalue weighted by molar-refractivity contribution is -0.385. The lowest BCUT2D eigenvalue weighted by Crippen LogP contribution is -1.98. The van der Waals surface area contributed by atoms with Crippen LogP contribution in [-0.4, -0.2) is 14.9 Å². The molecule has 0 aliphatic carbocycles. The van der Waals surface area contributed by atoms with Crippen LogP contribution in [0.15, 0.2) is 54.9 Å². The number of nitrogens with zero attached hydrogens (tertiary/aromatic N) is 4. The van der Waals surface area contributed by atoms with Crippen LogP contribution in [0.5, 0.6) is 11.6 Å². The first-order valence-corrected chi connectivity index (χ1v) is 7.57. The van der Waals surface area contributed by atoms with Crippen LogP contribution >= 0.6 is 0 Å². The first-order valence-electron chi connectivity index (χ1n) is 7.57. The highest BCUT2D eigenvalue weighted by molar-refractivity contribution is 5.60. The van der Waals surface area contributed by atoms with Gasteiger partial charge in [-0.1, -0.05) is 6.07 Å². The zero-order valence-electron chi connectivity index (χ0n) is 13.7. The summed E-state index contributed by atoms with van der Waals surface area (Å²) >= 11 is 0. The summed E-state index contributed by atoms with van der Waals surface area (Å²) in [7, 11) is 0. The molecule has 0 unspecified atom stereocenters. The molecule has 8 nitrogen and oxygen atoms in total. The fourth-order valence-electron chi connectivity index (χ4n) is 2.22. The summed E-state index contributed by atoms with van der Waals surface area (Å²) in [5.74, 6) is 1.40. The molecule has 2 heterocycles. The van der Waals surface area contributed by atoms with Crippen LogP contribution in [0.4, 0.5) is 17.2 Å². The van der Waals surface area contributed by atoms with Crippen LogP contribution in [-0.2, 0) is 0 Å². The first kappa shape index (κ1) is 16.9. The molecule has 8 heteroatoms. The van der Waals surface area contributed by atoms with Crippen molar-refractivity contribution < 1.29 is 9.66 Å². The number of ether oxygens (including phenoxy) is 1. The third-order valence-electron chi connectivity index (χ3n) is 3.47. The highest BCUT2D eigenvalue weighted by Crippen LogP contribution is 2.26. The third-order valence-corrected chi connectivity index (χ3v) is 3.47. The molecule has 0 aliphatic heterocycles. The van der Waals surface area contributed by atoms with Gasteiger partial charge in [0.05, 0.1) is 10.5 Å². The van der Waals surface area contributed by atoms with Crippen molar-refractivity contribution in [3.05, 3.63) is 76.1 Å². The average Bonchev–Trinajstić information content (AvgIpc) is 2.62. The summed E-state index contributed by atoms with van der Waals surface area (Å²) in [6.07, 6.45) is 2.65. The number of rotatable bonds is 5. The van der Waals surface area contributed by atoms with E-state index >= 15 is 0 Å². The van der Waals surface area contributed by atoms with Gasteiger partial charge in [-0.15, -0.1) is 0 Å². The second-order valence-electron chi connectivity index (χ2n) is 5.36. The summed E-state index contributed by atoms with van der Waals surface area (Å²) in [6.45, 7) is 1.65. The number of hydrogen-bond donors (Lipinski definition) is 1. The monoisotopic (exact) mass is 347 g/mol. The van der Waals surface area contributed by atoms with E-state index in [2.05, 4.69) is 15.3 Å².